The molecular weight excluding hydrogens is 240 g/mol. The van der Waals surface area contributed by atoms with E-state index in [1.165, 1.54) is 17.4 Å². The number of fused-ring (bicyclic) bond motifs is 1. The molecule has 1 unspecified atom stereocenters. The van der Waals surface area contributed by atoms with E-state index in [-0.39, 0.29) is 17.9 Å². The van der Waals surface area contributed by atoms with Gasteiger partial charge in [-0.1, -0.05) is 6.07 Å². The first-order valence-electron chi connectivity index (χ1n) is 5.19. The van der Waals surface area contributed by atoms with Gasteiger partial charge in [-0.15, -0.1) is 11.3 Å². The van der Waals surface area contributed by atoms with Crippen molar-refractivity contribution < 1.29 is 19.7 Å². The monoisotopic (exact) mass is 252 g/mol. The molecule has 0 aliphatic rings. The highest BCUT2D eigenvalue weighted by molar-refractivity contribution is 7.17. The van der Waals surface area contributed by atoms with E-state index < -0.39 is 12.1 Å². The summed E-state index contributed by atoms with van der Waals surface area (Å²) >= 11 is 1.48. The minimum absolute atomic E-state index is 0.0655. The fraction of sp³-hybridized carbons (Fsp3) is 0.250. The molecule has 2 N–H and O–H groups in total. The molecule has 0 bridgehead atoms. The van der Waals surface area contributed by atoms with Gasteiger partial charge in [-0.2, -0.15) is 0 Å². The highest BCUT2D eigenvalue weighted by atomic mass is 32.1. The first kappa shape index (κ1) is 11.9. The molecule has 0 fully saturated rings. The highest BCUT2D eigenvalue weighted by Gasteiger charge is 2.23. The Hall–Kier alpha value is -1.59. The lowest BCUT2D eigenvalue weighted by Crippen LogP contribution is -2.15. The van der Waals surface area contributed by atoms with Gasteiger partial charge >= 0.3 is 5.97 Å². The maximum Gasteiger partial charge on any atom is 0.339 e. The second-order valence-corrected chi connectivity index (χ2v) is 4.44. The number of ether oxygens (including phenoxy) is 1. The van der Waals surface area contributed by atoms with E-state index in [1.807, 2.05) is 5.38 Å². The summed E-state index contributed by atoms with van der Waals surface area (Å²) in [6.45, 7) is 1.85. The maximum absolute atomic E-state index is 11.4. The lowest BCUT2D eigenvalue weighted by molar-refractivity contribution is -0.153. The molecule has 17 heavy (non-hydrogen) atoms. The molecule has 0 saturated heterocycles. The highest BCUT2D eigenvalue weighted by Crippen LogP contribution is 2.35. The van der Waals surface area contributed by atoms with Crippen LogP contribution in [0.4, 0.5) is 0 Å². The number of carbonyl (C=O) groups is 1. The number of thiophene rings is 1. The number of aromatic hydroxyl groups is 1. The molecular formula is C12H12O4S. The predicted molar refractivity (Wildman–Crippen MR) is 65.1 cm³/mol. The lowest BCUT2D eigenvalue weighted by Gasteiger charge is -2.11. The topological polar surface area (TPSA) is 66.8 Å². The number of aliphatic hydroxyl groups is 1. The van der Waals surface area contributed by atoms with Crippen LogP contribution >= 0.6 is 11.3 Å². The van der Waals surface area contributed by atoms with Crippen molar-refractivity contribution in [1.82, 2.24) is 0 Å². The molecule has 1 heterocycles. The largest absolute Gasteiger partial charge is 0.507 e. The van der Waals surface area contributed by atoms with Crippen LogP contribution in [0.5, 0.6) is 5.75 Å². The zero-order chi connectivity index (χ0) is 12.4. The van der Waals surface area contributed by atoms with Gasteiger partial charge in [0.1, 0.15) is 5.75 Å². The fourth-order valence-electron chi connectivity index (χ4n) is 1.61. The number of hydrogen-bond acceptors (Lipinski definition) is 5. The summed E-state index contributed by atoms with van der Waals surface area (Å²) in [6.07, 6.45) is -1.45. The summed E-state index contributed by atoms with van der Waals surface area (Å²) in [7, 11) is 0. The van der Waals surface area contributed by atoms with E-state index >= 15 is 0 Å². The van der Waals surface area contributed by atoms with Crippen molar-refractivity contribution in [3.63, 3.8) is 0 Å². The Balaban J connectivity index is 2.41. The molecule has 1 atom stereocenters. The van der Waals surface area contributed by atoms with Crippen LogP contribution in [0, 0.1) is 0 Å². The molecule has 0 aliphatic carbocycles. The maximum atomic E-state index is 11.4. The SMILES string of the molecule is CCOC(=O)C(O)c1ccc2sccc2c1O. The van der Waals surface area contributed by atoms with Gasteiger partial charge in [0.15, 0.2) is 6.10 Å². The van der Waals surface area contributed by atoms with Gasteiger partial charge < -0.3 is 14.9 Å². The summed E-state index contributed by atoms with van der Waals surface area (Å²) in [5.41, 5.74) is 0.175. The van der Waals surface area contributed by atoms with Gasteiger partial charge in [0, 0.05) is 15.6 Å². The molecule has 4 nitrogen and oxygen atoms in total. The number of benzene rings is 1. The van der Waals surface area contributed by atoms with Crippen molar-refractivity contribution in [3.05, 3.63) is 29.1 Å². The lowest BCUT2D eigenvalue weighted by atomic mass is 10.1. The third-order valence-electron chi connectivity index (χ3n) is 2.44. The summed E-state index contributed by atoms with van der Waals surface area (Å²) in [4.78, 5) is 11.4. The number of carbonyl (C=O) groups excluding carboxylic acids is 1. The van der Waals surface area contributed by atoms with Gasteiger partial charge in [-0.25, -0.2) is 4.79 Å². The summed E-state index contributed by atoms with van der Waals surface area (Å²) in [5, 5.41) is 22.2. The van der Waals surface area contributed by atoms with E-state index in [9.17, 15) is 15.0 Å². The second-order valence-electron chi connectivity index (χ2n) is 3.49. The number of esters is 1. The first-order chi connectivity index (χ1) is 8.15. The van der Waals surface area contributed by atoms with Crippen molar-refractivity contribution >= 4 is 27.4 Å². The van der Waals surface area contributed by atoms with Gasteiger partial charge in [0.05, 0.1) is 6.61 Å². The molecule has 0 saturated carbocycles. The fourth-order valence-corrected chi connectivity index (χ4v) is 2.40. The molecule has 0 radical (unpaired) electrons. The van der Waals surface area contributed by atoms with Crippen LogP contribution in [0.3, 0.4) is 0 Å². The Morgan fingerprint density at radius 1 is 1.47 bits per heavy atom. The Kier molecular flexibility index (Phi) is 3.31. The zero-order valence-corrected chi connectivity index (χ0v) is 10.0. The average Bonchev–Trinajstić information content (AvgIpc) is 2.78. The van der Waals surface area contributed by atoms with Crippen molar-refractivity contribution in [2.45, 2.75) is 13.0 Å². The van der Waals surface area contributed by atoms with E-state index in [1.54, 1.807) is 19.1 Å². The molecule has 1 aromatic heterocycles. The molecule has 1 aromatic carbocycles. The van der Waals surface area contributed by atoms with Crippen LogP contribution in [0.25, 0.3) is 10.1 Å². The molecule has 0 aliphatic heterocycles. The second kappa shape index (κ2) is 4.73. The number of hydrogen-bond donors (Lipinski definition) is 2. The van der Waals surface area contributed by atoms with Crippen molar-refractivity contribution in [1.29, 1.82) is 0 Å². The minimum atomic E-state index is -1.45. The van der Waals surface area contributed by atoms with Crippen LogP contribution in [0.2, 0.25) is 0 Å². The van der Waals surface area contributed by atoms with Crippen LogP contribution in [-0.4, -0.2) is 22.8 Å². The standard InChI is InChI=1S/C12H12O4S/c1-2-16-12(15)11(14)8-3-4-9-7(10(8)13)5-6-17-9/h3-6,11,13-14H,2H2,1H3. The van der Waals surface area contributed by atoms with Crippen LogP contribution in [-0.2, 0) is 9.53 Å². The van der Waals surface area contributed by atoms with Crippen LogP contribution in [0.15, 0.2) is 23.6 Å². The van der Waals surface area contributed by atoms with E-state index in [2.05, 4.69) is 0 Å². The Labute approximate surface area is 102 Å². The Morgan fingerprint density at radius 2 is 2.24 bits per heavy atom. The summed E-state index contributed by atoms with van der Waals surface area (Å²) < 4.78 is 5.61. The molecule has 90 valence electrons. The predicted octanol–water partition coefficient (Wildman–Crippen LogP) is 2.20. The molecule has 0 spiro atoms. The van der Waals surface area contributed by atoms with Crippen LogP contribution in [0.1, 0.15) is 18.6 Å². The average molecular weight is 252 g/mol. The smallest absolute Gasteiger partial charge is 0.339 e. The minimum Gasteiger partial charge on any atom is -0.507 e. The van der Waals surface area contributed by atoms with Crippen molar-refractivity contribution in [3.8, 4) is 5.75 Å². The van der Waals surface area contributed by atoms with Crippen molar-refractivity contribution in [2.75, 3.05) is 6.61 Å². The molecule has 2 aromatic rings. The van der Waals surface area contributed by atoms with Gasteiger partial charge in [0.2, 0.25) is 0 Å². The van der Waals surface area contributed by atoms with E-state index in [0.29, 0.717) is 5.39 Å². The summed E-state index contributed by atoms with van der Waals surface area (Å²) in [6, 6.07) is 5.05. The molecule has 2 rings (SSSR count). The number of aliphatic hydroxyl groups excluding tert-OH is 1. The van der Waals surface area contributed by atoms with E-state index in [4.69, 9.17) is 4.74 Å². The van der Waals surface area contributed by atoms with Gasteiger partial charge in [-0.05, 0) is 24.4 Å². The third-order valence-corrected chi connectivity index (χ3v) is 3.32. The van der Waals surface area contributed by atoms with Gasteiger partial charge in [-0.3, -0.25) is 0 Å². The molecule has 0 amide bonds. The Morgan fingerprint density at radius 3 is 2.94 bits per heavy atom. The summed E-state index contributed by atoms with van der Waals surface area (Å²) in [5.74, 6) is -0.818. The van der Waals surface area contributed by atoms with Crippen LogP contribution < -0.4 is 0 Å². The number of rotatable bonds is 3. The van der Waals surface area contributed by atoms with Crippen molar-refractivity contribution in [2.24, 2.45) is 0 Å². The Bertz CT molecular complexity index is 546. The first-order valence-corrected chi connectivity index (χ1v) is 6.07. The quantitative estimate of drug-likeness (QED) is 0.822. The zero-order valence-electron chi connectivity index (χ0n) is 9.21. The normalized spacial score (nSPS) is 12.6. The van der Waals surface area contributed by atoms with E-state index in [0.717, 1.165) is 4.70 Å². The molecule has 5 heteroatoms. The van der Waals surface area contributed by atoms with Gasteiger partial charge in [0.25, 0.3) is 0 Å². The number of phenols is 1. The third kappa shape index (κ3) is 2.11. The number of phenolic OH excluding ortho intramolecular Hbond substituents is 1.